The lowest BCUT2D eigenvalue weighted by molar-refractivity contribution is -0.115. The number of carbonyl (C=O) groups excluding carboxylic acids is 1. The van der Waals surface area contributed by atoms with Crippen LogP contribution in [0, 0.1) is 0 Å². The number of halogens is 2. The van der Waals surface area contributed by atoms with Gasteiger partial charge in [-0.15, -0.1) is 11.6 Å². The number of alkyl halides is 1. The quantitative estimate of drug-likeness (QED) is 0.683. The highest BCUT2D eigenvalue weighted by Crippen LogP contribution is 2.41. The minimum absolute atomic E-state index is 0.0782. The molecule has 2 aliphatic heterocycles. The van der Waals surface area contributed by atoms with Gasteiger partial charge in [0.25, 0.3) is 5.91 Å². The monoisotopic (exact) mass is 422 g/mol. The molecule has 3 rings (SSSR count). The van der Waals surface area contributed by atoms with Gasteiger partial charge in [0, 0.05) is 15.4 Å². The summed E-state index contributed by atoms with van der Waals surface area (Å²) in [5.41, 5.74) is 0.821. The molecule has 0 unspecified atom stereocenters. The normalized spacial score (nSPS) is 28.1. The predicted octanol–water partition coefficient (Wildman–Crippen LogP) is 2.29. The molecule has 1 aromatic carbocycles. The van der Waals surface area contributed by atoms with Gasteiger partial charge in [-0.3, -0.25) is 4.79 Å². The molecule has 2 atom stereocenters. The van der Waals surface area contributed by atoms with E-state index >= 15 is 0 Å². The van der Waals surface area contributed by atoms with Crippen molar-refractivity contribution in [3.05, 3.63) is 28.7 Å². The number of sulfone groups is 1. The minimum Gasteiger partial charge on any atom is -0.316 e. The van der Waals surface area contributed by atoms with E-state index in [1.807, 2.05) is 29.2 Å². The van der Waals surface area contributed by atoms with Crippen molar-refractivity contribution in [3.63, 3.8) is 0 Å². The van der Waals surface area contributed by atoms with Gasteiger partial charge in [0.1, 0.15) is 5.88 Å². The predicted molar refractivity (Wildman–Crippen MR) is 93.6 cm³/mol. The van der Waals surface area contributed by atoms with Crippen molar-refractivity contribution in [1.82, 2.24) is 0 Å². The van der Waals surface area contributed by atoms with Gasteiger partial charge in [0.05, 0.1) is 17.5 Å². The molecule has 2 fully saturated rings. The first-order valence-electron chi connectivity index (χ1n) is 6.49. The van der Waals surface area contributed by atoms with E-state index in [1.165, 1.54) is 11.8 Å². The van der Waals surface area contributed by atoms with Crippen molar-refractivity contribution in [1.29, 1.82) is 0 Å². The third kappa shape index (κ3) is 3.20. The van der Waals surface area contributed by atoms with E-state index in [0.29, 0.717) is 5.17 Å². The lowest BCUT2D eigenvalue weighted by atomic mass is 10.2. The second-order valence-corrected chi connectivity index (χ2v) is 9.61. The van der Waals surface area contributed by atoms with Gasteiger partial charge in [0.15, 0.2) is 15.0 Å². The number of carbonyl (C=O) groups is 1. The Morgan fingerprint density at radius 3 is 2.68 bits per heavy atom. The number of nitrogens with zero attached hydrogens (tertiary/aromatic N) is 2. The van der Waals surface area contributed by atoms with Crippen LogP contribution in [0.15, 0.2) is 33.7 Å². The van der Waals surface area contributed by atoms with Gasteiger partial charge in [-0.2, -0.15) is 4.99 Å². The van der Waals surface area contributed by atoms with Crippen LogP contribution in [0.5, 0.6) is 0 Å². The molecule has 0 spiro atoms. The van der Waals surface area contributed by atoms with E-state index in [9.17, 15) is 13.2 Å². The molecule has 2 aliphatic rings. The number of hydrogen-bond acceptors (Lipinski definition) is 4. The molecule has 0 aromatic heterocycles. The van der Waals surface area contributed by atoms with E-state index < -0.39 is 15.7 Å². The Balaban J connectivity index is 2.01. The average molecular weight is 424 g/mol. The van der Waals surface area contributed by atoms with Crippen LogP contribution < -0.4 is 4.90 Å². The number of thioether (sulfide) groups is 1. The highest BCUT2D eigenvalue weighted by atomic mass is 79.9. The van der Waals surface area contributed by atoms with E-state index in [4.69, 9.17) is 11.6 Å². The van der Waals surface area contributed by atoms with Crippen molar-refractivity contribution in [2.75, 3.05) is 22.3 Å². The van der Waals surface area contributed by atoms with Crippen LogP contribution in [0.25, 0.3) is 0 Å². The van der Waals surface area contributed by atoms with Crippen LogP contribution in [0.4, 0.5) is 5.69 Å². The maximum atomic E-state index is 11.9. The molecular formula is C13H12BrClN2O3S2. The summed E-state index contributed by atoms with van der Waals surface area (Å²) in [7, 11) is -3.05. The van der Waals surface area contributed by atoms with Crippen molar-refractivity contribution in [2.24, 2.45) is 4.99 Å². The summed E-state index contributed by atoms with van der Waals surface area (Å²) in [4.78, 5) is 17.4. The van der Waals surface area contributed by atoms with Gasteiger partial charge >= 0.3 is 0 Å². The van der Waals surface area contributed by atoms with Crippen molar-refractivity contribution < 1.29 is 13.2 Å². The Kier molecular flexibility index (Phi) is 4.55. The lowest BCUT2D eigenvalue weighted by Gasteiger charge is -2.24. The summed E-state index contributed by atoms with van der Waals surface area (Å²) in [6.45, 7) is 0. The van der Waals surface area contributed by atoms with Crippen LogP contribution in [-0.4, -0.2) is 48.2 Å². The maximum Gasteiger partial charge on any atom is 0.262 e. The number of amides is 1. The zero-order valence-corrected chi connectivity index (χ0v) is 15.3. The number of anilines is 1. The van der Waals surface area contributed by atoms with Crippen molar-refractivity contribution in [2.45, 2.75) is 11.3 Å². The molecule has 9 heteroatoms. The van der Waals surface area contributed by atoms with Crippen LogP contribution in [0.2, 0.25) is 0 Å². The van der Waals surface area contributed by atoms with E-state index in [1.54, 1.807) is 0 Å². The van der Waals surface area contributed by atoms with Crippen LogP contribution in [0.1, 0.15) is 0 Å². The molecule has 0 N–H and O–H groups in total. The third-order valence-electron chi connectivity index (χ3n) is 3.51. The number of amidine groups is 1. The summed E-state index contributed by atoms with van der Waals surface area (Å²) in [5.74, 6) is -0.418. The highest BCUT2D eigenvalue weighted by Gasteiger charge is 2.49. The summed E-state index contributed by atoms with van der Waals surface area (Å²) in [6, 6.07) is 7.30. The summed E-state index contributed by atoms with van der Waals surface area (Å²) in [6.07, 6.45) is 0. The van der Waals surface area contributed by atoms with Gasteiger partial charge in [-0.05, 0) is 24.3 Å². The second-order valence-electron chi connectivity index (χ2n) is 5.07. The van der Waals surface area contributed by atoms with E-state index in [0.717, 1.165) is 10.2 Å². The van der Waals surface area contributed by atoms with Gasteiger partial charge in [-0.1, -0.05) is 27.7 Å². The molecule has 0 aliphatic carbocycles. The minimum atomic E-state index is -3.05. The Hall–Kier alpha value is -0.570. The fourth-order valence-corrected chi connectivity index (χ4v) is 6.86. The number of hydrogen-bond donors (Lipinski definition) is 0. The SMILES string of the molecule is O=C(CCl)N=C1S[C@@H]2CS(=O)(=O)C[C@@H]2N1c1ccc(Br)cc1. The molecule has 0 saturated carbocycles. The molecular weight excluding hydrogens is 412 g/mol. The van der Waals surface area contributed by atoms with Gasteiger partial charge in [-0.25, -0.2) is 8.42 Å². The topological polar surface area (TPSA) is 66.8 Å². The fourth-order valence-electron chi connectivity index (χ4n) is 2.60. The van der Waals surface area contributed by atoms with Gasteiger partial charge < -0.3 is 4.90 Å². The molecule has 22 heavy (non-hydrogen) atoms. The lowest BCUT2D eigenvalue weighted by Crippen LogP contribution is -2.37. The number of rotatable bonds is 2. The third-order valence-corrected chi connectivity index (χ3v) is 7.47. The Bertz CT molecular complexity index is 736. The highest BCUT2D eigenvalue weighted by molar-refractivity contribution is 9.10. The van der Waals surface area contributed by atoms with E-state index in [2.05, 4.69) is 20.9 Å². The Morgan fingerprint density at radius 2 is 2.05 bits per heavy atom. The van der Waals surface area contributed by atoms with Gasteiger partial charge in [0.2, 0.25) is 0 Å². The summed E-state index contributed by atoms with van der Waals surface area (Å²) < 4.78 is 24.7. The largest absolute Gasteiger partial charge is 0.316 e. The molecule has 0 radical (unpaired) electrons. The number of fused-ring (bicyclic) bond motifs is 1. The van der Waals surface area contributed by atoms with E-state index in [-0.39, 0.29) is 28.7 Å². The Morgan fingerprint density at radius 1 is 1.36 bits per heavy atom. The smallest absolute Gasteiger partial charge is 0.262 e. The molecule has 1 amide bonds. The van der Waals surface area contributed by atoms with Crippen LogP contribution in [-0.2, 0) is 14.6 Å². The molecule has 118 valence electrons. The fraction of sp³-hybridized carbons (Fsp3) is 0.385. The molecule has 2 heterocycles. The first kappa shape index (κ1) is 16.3. The first-order chi connectivity index (χ1) is 10.4. The Labute approximate surface area is 146 Å². The molecule has 5 nitrogen and oxygen atoms in total. The molecule has 2 saturated heterocycles. The summed E-state index contributed by atoms with van der Waals surface area (Å²) in [5, 5.41) is 0.424. The van der Waals surface area contributed by atoms with Crippen LogP contribution in [0.3, 0.4) is 0 Å². The standard InChI is InChI=1S/C13H12BrClN2O3S2/c14-8-1-3-9(4-2-8)17-10-6-22(19,20)7-11(10)21-13(17)16-12(18)5-15/h1-4,10-11H,5-7H2/t10-,11+/m0/s1. The average Bonchev–Trinajstić information content (AvgIpc) is 2.91. The van der Waals surface area contributed by atoms with Crippen molar-refractivity contribution in [3.8, 4) is 0 Å². The first-order valence-corrected chi connectivity index (χ1v) is 10.5. The zero-order valence-electron chi connectivity index (χ0n) is 11.3. The molecule has 0 bridgehead atoms. The van der Waals surface area contributed by atoms with Crippen molar-refractivity contribution >= 4 is 65.9 Å². The molecule has 1 aromatic rings. The maximum absolute atomic E-state index is 11.9. The zero-order chi connectivity index (χ0) is 15.9. The number of aliphatic imine (C=N–C) groups is 1. The van der Waals surface area contributed by atoms with Crippen LogP contribution >= 0.6 is 39.3 Å². The number of benzene rings is 1. The second kappa shape index (κ2) is 6.14. The summed E-state index contributed by atoms with van der Waals surface area (Å²) >= 11 is 10.2.